The Morgan fingerprint density at radius 3 is 2.52 bits per heavy atom. The van der Waals surface area contributed by atoms with E-state index < -0.39 is 4.92 Å². The summed E-state index contributed by atoms with van der Waals surface area (Å²) >= 11 is 9.78. The van der Waals surface area contributed by atoms with Crippen LogP contribution in [0.4, 0.5) is 11.4 Å². The molecule has 0 radical (unpaired) electrons. The van der Waals surface area contributed by atoms with E-state index in [1.807, 2.05) is 44.2 Å². The second-order valence-electron chi connectivity index (χ2n) is 6.82. The van der Waals surface area contributed by atoms with Crippen molar-refractivity contribution in [3.05, 3.63) is 90.9 Å². The highest BCUT2D eigenvalue weighted by Gasteiger charge is 2.14. The number of nitro groups is 1. The van der Waals surface area contributed by atoms with Gasteiger partial charge in [-0.1, -0.05) is 17.7 Å². The van der Waals surface area contributed by atoms with Crippen LogP contribution >= 0.6 is 27.5 Å². The van der Waals surface area contributed by atoms with Crippen molar-refractivity contribution >= 4 is 38.9 Å². The molecule has 3 aromatic rings. The molecule has 0 bridgehead atoms. The summed E-state index contributed by atoms with van der Waals surface area (Å²) < 4.78 is 12.5. The van der Waals surface area contributed by atoms with Gasteiger partial charge in [0.25, 0.3) is 5.69 Å². The fourth-order valence-electron chi connectivity index (χ4n) is 2.99. The highest BCUT2D eigenvalue weighted by molar-refractivity contribution is 9.10. The first-order chi connectivity index (χ1) is 14.9. The highest BCUT2D eigenvalue weighted by Crippen LogP contribution is 2.38. The Bertz CT molecular complexity index is 1070. The monoisotopic (exact) mass is 504 g/mol. The number of nitro benzene ring substituents is 1. The van der Waals surface area contributed by atoms with Crippen molar-refractivity contribution in [2.45, 2.75) is 27.0 Å². The molecule has 8 heteroatoms. The lowest BCUT2D eigenvalue weighted by molar-refractivity contribution is -0.384. The van der Waals surface area contributed by atoms with E-state index in [1.165, 1.54) is 12.1 Å². The summed E-state index contributed by atoms with van der Waals surface area (Å²) in [5, 5.41) is 14.9. The molecule has 0 aliphatic heterocycles. The maximum Gasteiger partial charge on any atom is 0.269 e. The van der Waals surface area contributed by atoms with E-state index in [9.17, 15) is 10.1 Å². The summed E-state index contributed by atoms with van der Waals surface area (Å²) in [5.74, 6) is 1.21. The number of benzene rings is 3. The molecule has 0 saturated carbocycles. The maximum absolute atomic E-state index is 10.8. The summed E-state index contributed by atoms with van der Waals surface area (Å²) in [6, 6.07) is 16.0. The van der Waals surface area contributed by atoms with E-state index in [-0.39, 0.29) is 12.3 Å². The summed E-state index contributed by atoms with van der Waals surface area (Å²) in [4.78, 5) is 10.4. The van der Waals surface area contributed by atoms with Gasteiger partial charge in [-0.25, -0.2) is 0 Å². The molecule has 3 rings (SSSR count). The van der Waals surface area contributed by atoms with E-state index in [0.717, 1.165) is 31.9 Å². The minimum Gasteiger partial charge on any atom is -0.490 e. The van der Waals surface area contributed by atoms with Gasteiger partial charge in [-0.05, 0) is 82.9 Å². The summed E-state index contributed by atoms with van der Waals surface area (Å²) in [6.45, 7) is 5.22. The zero-order valence-corrected chi connectivity index (χ0v) is 19.5. The lowest BCUT2D eigenvalue weighted by Gasteiger charge is -2.17. The molecule has 1 N–H and O–H groups in total. The maximum atomic E-state index is 10.8. The molecule has 6 nitrogen and oxygen atoms in total. The van der Waals surface area contributed by atoms with Gasteiger partial charge in [0.15, 0.2) is 11.5 Å². The van der Waals surface area contributed by atoms with Gasteiger partial charge in [0.05, 0.1) is 16.0 Å². The Hall–Kier alpha value is -2.77. The highest BCUT2D eigenvalue weighted by atomic mass is 79.9. The van der Waals surface area contributed by atoms with Crippen molar-refractivity contribution in [1.29, 1.82) is 0 Å². The lowest BCUT2D eigenvalue weighted by atomic mass is 10.1. The molecule has 31 heavy (non-hydrogen) atoms. The van der Waals surface area contributed by atoms with Gasteiger partial charge < -0.3 is 14.8 Å². The summed E-state index contributed by atoms with van der Waals surface area (Å²) in [6.07, 6.45) is 0. The van der Waals surface area contributed by atoms with Crippen LogP contribution in [0.25, 0.3) is 0 Å². The van der Waals surface area contributed by atoms with E-state index in [2.05, 4.69) is 21.2 Å². The third-order valence-corrected chi connectivity index (χ3v) is 5.65. The van der Waals surface area contributed by atoms with Gasteiger partial charge >= 0.3 is 0 Å². The Morgan fingerprint density at radius 1 is 1.10 bits per heavy atom. The van der Waals surface area contributed by atoms with Crippen LogP contribution in [0.3, 0.4) is 0 Å². The molecule has 0 aromatic heterocycles. The zero-order valence-electron chi connectivity index (χ0n) is 17.2. The first-order valence-electron chi connectivity index (χ1n) is 9.69. The van der Waals surface area contributed by atoms with Crippen LogP contribution in [0, 0.1) is 17.0 Å². The van der Waals surface area contributed by atoms with Gasteiger partial charge in [-0.2, -0.15) is 0 Å². The minimum atomic E-state index is -0.425. The molecule has 0 fully saturated rings. The number of hydrogen-bond donors (Lipinski definition) is 1. The average Bonchev–Trinajstić information content (AvgIpc) is 2.74. The van der Waals surface area contributed by atoms with Gasteiger partial charge in [0.2, 0.25) is 0 Å². The summed E-state index contributed by atoms with van der Waals surface area (Å²) in [7, 11) is 0. The van der Waals surface area contributed by atoms with E-state index in [1.54, 1.807) is 12.1 Å². The second kappa shape index (κ2) is 10.5. The summed E-state index contributed by atoms with van der Waals surface area (Å²) in [5.41, 5.74) is 3.85. The molecule has 0 saturated heterocycles. The number of halogens is 2. The van der Waals surface area contributed by atoms with Crippen LogP contribution in [-0.2, 0) is 13.2 Å². The Labute approximate surface area is 194 Å². The van der Waals surface area contributed by atoms with Crippen molar-refractivity contribution in [3.8, 4) is 11.5 Å². The van der Waals surface area contributed by atoms with Gasteiger partial charge in [0, 0.05) is 29.4 Å². The number of nitrogens with one attached hydrogen (secondary N) is 1. The zero-order chi connectivity index (χ0) is 22.4. The van der Waals surface area contributed by atoms with Crippen molar-refractivity contribution in [1.82, 2.24) is 0 Å². The van der Waals surface area contributed by atoms with Crippen LogP contribution in [0.1, 0.15) is 23.6 Å². The molecule has 0 atom stereocenters. The van der Waals surface area contributed by atoms with Crippen molar-refractivity contribution in [3.63, 3.8) is 0 Å². The van der Waals surface area contributed by atoms with Crippen LogP contribution in [-0.4, -0.2) is 11.5 Å². The predicted molar refractivity (Wildman–Crippen MR) is 126 cm³/mol. The number of nitrogens with zero attached hydrogens (tertiary/aromatic N) is 1. The SMILES string of the molecule is CCOc1cc(CNc2cccc(Cl)c2C)cc(Br)c1OCc1ccc([N+](=O)[O-])cc1. The largest absolute Gasteiger partial charge is 0.490 e. The predicted octanol–water partition coefficient (Wildman–Crippen LogP) is 6.91. The molecule has 3 aromatic carbocycles. The first kappa shape index (κ1) is 22.9. The molecular formula is C23H22BrClN2O4. The Balaban J connectivity index is 1.75. The topological polar surface area (TPSA) is 73.6 Å². The standard InChI is InChI=1S/C23H22BrClN2O4/c1-3-30-22-12-17(13-26-21-6-4-5-20(25)15(21)2)11-19(24)23(22)31-14-16-7-9-18(10-8-16)27(28)29/h4-12,26H,3,13-14H2,1-2H3. The quantitative estimate of drug-likeness (QED) is 0.253. The van der Waals surface area contributed by atoms with E-state index >= 15 is 0 Å². The number of rotatable bonds is 9. The molecule has 0 aliphatic carbocycles. The second-order valence-corrected chi connectivity index (χ2v) is 8.08. The Kier molecular flexibility index (Phi) is 7.76. The van der Waals surface area contributed by atoms with Crippen LogP contribution in [0.15, 0.2) is 59.1 Å². The number of anilines is 1. The number of non-ortho nitro benzene ring substituents is 1. The Morgan fingerprint density at radius 2 is 1.84 bits per heavy atom. The van der Waals surface area contributed by atoms with Gasteiger partial charge in [-0.3, -0.25) is 10.1 Å². The molecule has 0 heterocycles. The third kappa shape index (κ3) is 5.89. The van der Waals surface area contributed by atoms with Gasteiger partial charge in [0.1, 0.15) is 6.61 Å². The fraction of sp³-hybridized carbons (Fsp3) is 0.217. The normalized spacial score (nSPS) is 10.6. The minimum absolute atomic E-state index is 0.0479. The molecule has 0 unspecified atom stereocenters. The first-order valence-corrected chi connectivity index (χ1v) is 10.9. The third-order valence-electron chi connectivity index (χ3n) is 4.65. The molecular weight excluding hydrogens is 484 g/mol. The number of hydrogen-bond acceptors (Lipinski definition) is 5. The number of ether oxygens (including phenoxy) is 2. The fourth-order valence-corrected chi connectivity index (χ4v) is 3.77. The molecule has 0 aliphatic rings. The van der Waals surface area contributed by atoms with Crippen molar-refractivity contribution in [2.24, 2.45) is 0 Å². The van der Waals surface area contributed by atoms with E-state index in [4.69, 9.17) is 21.1 Å². The van der Waals surface area contributed by atoms with Crippen molar-refractivity contribution in [2.75, 3.05) is 11.9 Å². The van der Waals surface area contributed by atoms with Crippen LogP contribution in [0.2, 0.25) is 5.02 Å². The van der Waals surface area contributed by atoms with Crippen molar-refractivity contribution < 1.29 is 14.4 Å². The van der Waals surface area contributed by atoms with Gasteiger partial charge in [-0.15, -0.1) is 0 Å². The lowest BCUT2D eigenvalue weighted by Crippen LogP contribution is -2.05. The molecule has 0 spiro atoms. The molecule has 0 amide bonds. The smallest absolute Gasteiger partial charge is 0.269 e. The van der Waals surface area contributed by atoms with Crippen LogP contribution in [0.5, 0.6) is 11.5 Å². The molecule has 162 valence electrons. The van der Waals surface area contributed by atoms with E-state index in [0.29, 0.717) is 24.7 Å². The van der Waals surface area contributed by atoms with Crippen LogP contribution < -0.4 is 14.8 Å². The average molecular weight is 506 g/mol.